The number of hydroxylamine groups is 2. The van der Waals surface area contributed by atoms with Crippen LogP contribution in [0.2, 0.25) is 0 Å². The van der Waals surface area contributed by atoms with Crippen LogP contribution in [0.1, 0.15) is 30.1 Å². The quantitative estimate of drug-likeness (QED) is 0.557. The summed E-state index contributed by atoms with van der Waals surface area (Å²) in [6.45, 7) is 3.08. The molecule has 1 rings (SSSR count). The van der Waals surface area contributed by atoms with Crippen molar-refractivity contribution in [3.05, 3.63) is 35.6 Å². The van der Waals surface area contributed by atoms with E-state index in [-0.39, 0.29) is 32.0 Å². The van der Waals surface area contributed by atoms with E-state index in [1.165, 1.54) is 23.4 Å². The minimum absolute atomic E-state index is 0.0366. The van der Waals surface area contributed by atoms with E-state index >= 15 is 0 Å². The van der Waals surface area contributed by atoms with Gasteiger partial charge in [-0.3, -0.25) is 9.68 Å². The van der Waals surface area contributed by atoms with Crippen molar-refractivity contribution >= 4 is 5.97 Å². The van der Waals surface area contributed by atoms with Crippen molar-refractivity contribution in [2.75, 3.05) is 33.0 Å². The molecule has 0 fully saturated rings. The second kappa shape index (κ2) is 14.0. The fourth-order valence-electron chi connectivity index (χ4n) is 1.37. The highest BCUT2D eigenvalue weighted by atomic mass is 19.1. The molecular weight excluding hydrogens is 309 g/mol. The molecule has 0 radical (unpaired) electrons. The Balaban J connectivity index is 0.000000433. The summed E-state index contributed by atoms with van der Waals surface area (Å²) in [5, 5.41) is 26.7. The minimum Gasteiger partial charge on any atom is -0.478 e. The summed E-state index contributed by atoms with van der Waals surface area (Å²) in [6, 6.07) is 5.26. The molecule has 0 amide bonds. The summed E-state index contributed by atoms with van der Waals surface area (Å²) in [5.41, 5.74) is -0.289. The van der Waals surface area contributed by atoms with Crippen molar-refractivity contribution in [2.24, 2.45) is 0 Å². The maximum absolute atomic E-state index is 12.5. The van der Waals surface area contributed by atoms with Gasteiger partial charge in [-0.15, -0.1) is 0 Å². The first-order valence-electron chi connectivity index (χ1n) is 7.29. The number of aliphatic hydroxyl groups excluding tert-OH is 2. The Morgan fingerprint density at radius 2 is 1.74 bits per heavy atom. The van der Waals surface area contributed by atoms with Crippen molar-refractivity contribution in [2.45, 2.75) is 19.8 Å². The zero-order valence-electron chi connectivity index (χ0n) is 13.2. The molecule has 8 heteroatoms. The van der Waals surface area contributed by atoms with Crippen LogP contribution in [0.4, 0.5) is 4.39 Å². The van der Waals surface area contributed by atoms with Crippen LogP contribution in [0.15, 0.2) is 24.3 Å². The molecule has 0 bridgehead atoms. The van der Waals surface area contributed by atoms with Gasteiger partial charge in [-0.25, -0.2) is 9.18 Å². The lowest BCUT2D eigenvalue weighted by Gasteiger charge is -2.19. The number of carboxylic acid groups (broad SMARTS) is 1. The molecule has 3 N–H and O–H groups in total. The van der Waals surface area contributed by atoms with E-state index in [0.29, 0.717) is 6.54 Å². The number of aliphatic hydroxyl groups is 2. The van der Waals surface area contributed by atoms with Crippen LogP contribution in [0, 0.1) is 5.82 Å². The Kier molecular flexibility index (Phi) is 13.1. The van der Waals surface area contributed by atoms with Crippen molar-refractivity contribution in [1.82, 2.24) is 5.23 Å². The SMILES string of the molecule is CCCCN(OCCO)OCCO.O=C(O)c1ccccc1F. The molecule has 7 nitrogen and oxygen atoms in total. The topological polar surface area (TPSA) is 99.5 Å². The normalized spacial score (nSPS) is 10.3. The Labute approximate surface area is 134 Å². The van der Waals surface area contributed by atoms with Gasteiger partial charge in [0.2, 0.25) is 0 Å². The number of rotatable bonds is 10. The van der Waals surface area contributed by atoms with Crippen LogP contribution in [0.3, 0.4) is 0 Å². The third-order valence-electron chi connectivity index (χ3n) is 2.45. The van der Waals surface area contributed by atoms with Crippen LogP contribution in [-0.4, -0.2) is 59.5 Å². The third kappa shape index (κ3) is 10.7. The smallest absolute Gasteiger partial charge is 0.338 e. The zero-order valence-corrected chi connectivity index (χ0v) is 13.2. The first kappa shape index (κ1) is 21.4. The van der Waals surface area contributed by atoms with E-state index in [4.69, 9.17) is 25.0 Å². The van der Waals surface area contributed by atoms with E-state index in [0.717, 1.165) is 18.9 Å². The number of carboxylic acids is 1. The van der Waals surface area contributed by atoms with E-state index in [2.05, 4.69) is 6.92 Å². The number of carbonyl (C=O) groups is 1. The maximum atomic E-state index is 12.5. The average Bonchev–Trinajstić information content (AvgIpc) is 2.55. The van der Waals surface area contributed by atoms with Crippen molar-refractivity contribution in [3.63, 3.8) is 0 Å². The molecule has 0 heterocycles. The Morgan fingerprint density at radius 3 is 2.13 bits per heavy atom. The molecule has 0 saturated carbocycles. The number of aromatic carboxylic acids is 1. The molecular formula is C15H24FNO6. The van der Waals surface area contributed by atoms with E-state index < -0.39 is 11.8 Å². The molecule has 0 unspecified atom stereocenters. The van der Waals surface area contributed by atoms with E-state index in [9.17, 15) is 9.18 Å². The van der Waals surface area contributed by atoms with Gasteiger partial charge in [0.1, 0.15) is 5.82 Å². The van der Waals surface area contributed by atoms with Crippen LogP contribution in [0.25, 0.3) is 0 Å². The maximum Gasteiger partial charge on any atom is 0.338 e. The van der Waals surface area contributed by atoms with Crippen molar-refractivity contribution < 1.29 is 34.2 Å². The fourth-order valence-corrected chi connectivity index (χ4v) is 1.37. The summed E-state index contributed by atoms with van der Waals surface area (Å²) >= 11 is 0. The van der Waals surface area contributed by atoms with Gasteiger partial charge in [-0.05, 0) is 18.6 Å². The van der Waals surface area contributed by atoms with Crippen LogP contribution >= 0.6 is 0 Å². The van der Waals surface area contributed by atoms with Gasteiger partial charge in [-0.1, -0.05) is 30.7 Å². The molecule has 132 valence electrons. The Hall–Kier alpha value is -1.58. The molecule has 0 spiro atoms. The average molecular weight is 333 g/mol. The molecule has 0 aliphatic carbocycles. The summed E-state index contributed by atoms with van der Waals surface area (Å²) in [6.07, 6.45) is 2.00. The standard InChI is InChI=1S/C8H19NO4.C7H5FO2/c1-2-3-4-9(12-7-5-10)13-8-6-11;8-6-4-2-1-3-5(6)7(9)10/h10-11H,2-8H2,1H3;1-4H,(H,9,10). The highest BCUT2D eigenvalue weighted by Gasteiger charge is 2.06. The second-order valence-corrected chi connectivity index (χ2v) is 4.31. The summed E-state index contributed by atoms with van der Waals surface area (Å²) < 4.78 is 12.5. The van der Waals surface area contributed by atoms with Gasteiger partial charge in [0.15, 0.2) is 0 Å². The number of benzene rings is 1. The lowest BCUT2D eigenvalue weighted by molar-refractivity contribution is -0.371. The largest absolute Gasteiger partial charge is 0.478 e. The summed E-state index contributed by atoms with van der Waals surface area (Å²) in [5.74, 6) is -1.94. The van der Waals surface area contributed by atoms with Gasteiger partial charge in [0.05, 0.1) is 38.5 Å². The van der Waals surface area contributed by atoms with Gasteiger partial charge in [0.25, 0.3) is 0 Å². The Morgan fingerprint density at radius 1 is 1.17 bits per heavy atom. The predicted octanol–water partition coefficient (Wildman–Crippen LogP) is 1.46. The van der Waals surface area contributed by atoms with Crippen LogP contribution in [-0.2, 0) is 9.68 Å². The van der Waals surface area contributed by atoms with Crippen LogP contribution < -0.4 is 0 Å². The number of hydrogen-bond acceptors (Lipinski definition) is 6. The van der Waals surface area contributed by atoms with E-state index in [1.807, 2.05) is 0 Å². The molecule has 23 heavy (non-hydrogen) atoms. The van der Waals surface area contributed by atoms with Gasteiger partial charge in [0, 0.05) is 0 Å². The van der Waals surface area contributed by atoms with Gasteiger partial charge in [-0.2, -0.15) is 0 Å². The highest BCUT2D eigenvalue weighted by Crippen LogP contribution is 2.04. The fraction of sp³-hybridized carbons (Fsp3) is 0.533. The monoisotopic (exact) mass is 333 g/mol. The lowest BCUT2D eigenvalue weighted by atomic mass is 10.2. The molecule has 1 aromatic rings. The van der Waals surface area contributed by atoms with Crippen molar-refractivity contribution in [1.29, 1.82) is 0 Å². The third-order valence-corrected chi connectivity index (χ3v) is 2.45. The number of unbranched alkanes of at least 4 members (excludes halogenated alkanes) is 1. The predicted molar refractivity (Wildman–Crippen MR) is 81.0 cm³/mol. The molecule has 1 aromatic carbocycles. The number of halogens is 1. The minimum atomic E-state index is -1.24. The zero-order chi connectivity index (χ0) is 17.5. The molecule has 0 aromatic heterocycles. The highest BCUT2D eigenvalue weighted by molar-refractivity contribution is 5.87. The number of nitrogens with zero attached hydrogens (tertiary/aromatic N) is 1. The Bertz CT molecular complexity index is 413. The van der Waals surface area contributed by atoms with Gasteiger partial charge >= 0.3 is 5.97 Å². The van der Waals surface area contributed by atoms with Gasteiger partial charge < -0.3 is 15.3 Å². The summed E-state index contributed by atoms with van der Waals surface area (Å²) in [4.78, 5) is 20.3. The van der Waals surface area contributed by atoms with E-state index in [1.54, 1.807) is 0 Å². The molecule has 0 aliphatic rings. The van der Waals surface area contributed by atoms with Crippen molar-refractivity contribution in [3.8, 4) is 0 Å². The molecule has 0 atom stereocenters. The van der Waals surface area contributed by atoms with Crippen LogP contribution in [0.5, 0.6) is 0 Å². The lowest BCUT2D eigenvalue weighted by Crippen LogP contribution is -2.28. The molecule has 0 aliphatic heterocycles. The number of hydrogen-bond donors (Lipinski definition) is 3. The first-order chi connectivity index (χ1) is 11.1. The second-order valence-electron chi connectivity index (χ2n) is 4.31. The molecule has 0 saturated heterocycles. The first-order valence-corrected chi connectivity index (χ1v) is 7.29. The summed E-state index contributed by atoms with van der Waals surface area (Å²) in [7, 11) is 0.